The van der Waals surface area contributed by atoms with Crippen molar-refractivity contribution in [3.8, 4) is 11.5 Å². The molecule has 116 valence electrons. The molecule has 0 aliphatic rings. The quantitative estimate of drug-likeness (QED) is 0.468. The summed E-state index contributed by atoms with van der Waals surface area (Å²) in [6.45, 7) is 1.08. The molecule has 0 fully saturated rings. The van der Waals surface area contributed by atoms with Crippen LogP contribution >= 0.6 is 47.8 Å². The van der Waals surface area contributed by atoms with Crippen molar-refractivity contribution >= 4 is 47.8 Å². The first-order valence-electron chi connectivity index (χ1n) is 6.75. The Kier molecular flexibility index (Phi) is 7.49. The van der Waals surface area contributed by atoms with Crippen LogP contribution in [0.3, 0.4) is 0 Å². The number of rotatable bonds is 7. The van der Waals surface area contributed by atoms with E-state index in [9.17, 15) is 0 Å². The van der Waals surface area contributed by atoms with Gasteiger partial charge in [0.25, 0.3) is 0 Å². The second kappa shape index (κ2) is 9.38. The zero-order valence-electron chi connectivity index (χ0n) is 11.8. The molecule has 0 saturated heterocycles. The molecule has 0 N–H and O–H groups in total. The predicted molar refractivity (Wildman–Crippen MR) is 101 cm³/mol. The summed E-state index contributed by atoms with van der Waals surface area (Å²) in [5.41, 5.74) is 1.24. The van der Waals surface area contributed by atoms with Crippen molar-refractivity contribution in [3.05, 3.63) is 68.0 Å². The maximum absolute atomic E-state index is 5.85. The topological polar surface area (TPSA) is 18.5 Å². The van der Waals surface area contributed by atoms with Gasteiger partial charge in [-0.2, -0.15) is 0 Å². The zero-order chi connectivity index (χ0) is 15.8. The third-order valence-electron chi connectivity index (χ3n) is 2.89. The lowest BCUT2D eigenvalue weighted by atomic mass is 10.2. The Morgan fingerprint density at radius 1 is 0.909 bits per heavy atom. The molecular weight excluding hydrogens is 476 g/mol. The highest BCUT2D eigenvalue weighted by atomic mass is 79.9. The minimum Gasteiger partial charge on any atom is -0.489 e. The Labute approximate surface area is 155 Å². The van der Waals surface area contributed by atoms with Gasteiger partial charge in [0, 0.05) is 10.9 Å². The Morgan fingerprint density at radius 2 is 1.55 bits per heavy atom. The summed E-state index contributed by atoms with van der Waals surface area (Å²) in [5.74, 6) is 1.51. The fourth-order valence-electron chi connectivity index (χ4n) is 1.81. The maximum Gasteiger partial charge on any atom is 0.161 e. The molecule has 5 heteroatoms. The van der Waals surface area contributed by atoms with Crippen molar-refractivity contribution in [3.63, 3.8) is 0 Å². The molecule has 2 aromatic carbocycles. The van der Waals surface area contributed by atoms with Crippen LogP contribution in [-0.4, -0.2) is 13.2 Å². The van der Waals surface area contributed by atoms with Crippen LogP contribution in [0, 0.1) is 0 Å². The van der Waals surface area contributed by atoms with Crippen molar-refractivity contribution in [1.29, 1.82) is 0 Å². The molecule has 0 amide bonds. The van der Waals surface area contributed by atoms with E-state index in [0.717, 1.165) is 25.8 Å². The predicted octanol–water partition coefficient (Wildman–Crippen LogP) is 6.08. The molecule has 0 unspecified atom stereocenters. The highest BCUT2D eigenvalue weighted by Gasteiger charge is 2.04. The fraction of sp³-hybridized carbons (Fsp3) is 0.176. The molecule has 0 saturated carbocycles. The average molecular weight is 491 g/mol. The second-order valence-electron chi connectivity index (χ2n) is 4.48. The third-order valence-corrected chi connectivity index (χ3v) is 4.06. The van der Waals surface area contributed by atoms with Crippen molar-refractivity contribution in [1.82, 2.24) is 0 Å². The van der Waals surface area contributed by atoms with Gasteiger partial charge in [-0.3, -0.25) is 0 Å². The first-order chi connectivity index (χ1) is 10.6. The van der Waals surface area contributed by atoms with Gasteiger partial charge in [-0.05, 0) is 67.8 Å². The molecule has 0 aromatic heterocycles. The van der Waals surface area contributed by atoms with Crippen LogP contribution in [-0.2, 0) is 6.42 Å². The minimum absolute atomic E-state index is 0.471. The molecule has 0 heterocycles. The summed E-state index contributed by atoms with van der Waals surface area (Å²) in [5, 5.41) is 0. The Morgan fingerprint density at radius 3 is 2.18 bits per heavy atom. The molecule has 0 atom stereocenters. The highest BCUT2D eigenvalue weighted by molar-refractivity contribution is 9.28. The molecule has 0 spiro atoms. The number of hydrogen-bond acceptors (Lipinski definition) is 2. The fourth-order valence-corrected chi connectivity index (χ4v) is 2.34. The van der Waals surface area contributed by atoms with Crippen LogP contribution in [0.25, 0.3) is 0 Å². The lowest BCUT2D eigenvalue weighted by Crippen LogP contribution is -2.03. The normalized spacial score (nSPS) is 10.1. The van der Waals surface area contributed by atoms with Crippen LogP contribution in [0.15, 0.2) is 62.5 Å². The van der Waals surface area contributed by atoms with Crippen LogP contribution in [0.4, 0.5) is 0 Å². The van der Waals surface area contributed by atoms with Crippen LogP contribution in [0.5, 0.6) is 11.5 Å². The van der Waals surface area contributed by atoms with Crippen LogP contribution in [0.1, 0.15) is 5.56 Å². The van der Waals surface area contributed by atoms with Crippen molar-refractivity contribution in [2.75, 3.05) is 13.2 Å². The van der Waals surface area contributed by atoms with E-state index in [2.05, 4.69) is 59.9 Å². The third kappa shape index (κ3) is 6.15. The van der Waals surface area contributed by atoms with E-state index in [1.807, 2.05) is 42.5 Å². The average Bonchev–Trinajstić information content (AvgIpc) is 2.50. The van der Waals surface area contributed by atoms with Crippen molar-refractivity contribution < 1.29 is 9.47 Å². The van der Waals surface area contributed by atoms with Gasteiger partial charge in [-0.1, -0.05) is 40.2 Å². The molecule has 2 aromatic rings. The van der Waals surface area contributed by atoms with Crippen LogP contribution in [0.2, 0.25) is 0 Å². The summed E-state index contributed by atoms with van der Waals surface area (Å²) in [6.07, 6.45) is 2.74. The standard InChI is InChI=1S/C17H15Br3O2/c18-14-7-5-13(6-8-14)9-11-21-15-3-1-2-4-16(15)22-12-10-17(19)20/h1-8,10H,9,11-12H2. The Balaban J connectivity index is 1.89. The van der Waals surface area contributed by atoms with Gasteiger partial charge in [0.05, 0.1) is 10.00 Å². The lowest BCUT2D eigenvalue weighted by Gasteiger charge is -2.11. The van der Waals surface area contributed by atoms with Crippen molar-refractivity contribution in [2.45, 2.75) is 6.42 Å². The van der Waals surface area contributed by atoms with E-state index in [1.54, 1.807) is 0 Å². The van der Waals surface area contributed by atoms with E-state index in [-0.39, 0.29) is 0 Å². The molecule has 22 heavy (non-hydrogen) atoms. The monoisotopic (exact) mass is 488 g/mol. The van der Waals surface area contributed by atoms with Crippen molar-refractivity contribution in [2.24, 2.45) is 0 Å². The van der Waals surface area contributed by atoms with Gasteiger partial charge in [-0.25, -0.2) is 0 Å². The van der Waals surface area contributed by atoms with Gasteiger partial charge in [0.1, 0.15) is 6.61 Å². The summed E-state index contributed by atoms with van der Waals surface area (Å²) in [7, 11) is 0. The largest absolute Gasteiger partial charge is 0.489 e. The number of ether oxygens (including phenoxy) is 2. The highest BCUT2D eigenvalue weighted by Crippen LogP contribution is 2.27. The van der Waals surface area contributed by atoms with Gasteiger partial charge < -0.3 is 9.47 Å². The molecule has 0 aliphatic carbocycles. The van der Waals surface area contributed by atoms with Gasteiger partial charge in [0.2, 0.25) is 0 Å². The number of benzene rings is 2. The molecule has 0 radical (unpaired) electrons. The lowest BCUT2D eigenvalue weighted by molar-refractivity contribution is 0.286. The molecule has 2 nitrogen and oxygen atoms in total. The zero-order valence-corrected chi connectivity index (χ0v) is 16.5. The maximum atomic E-state index is 5.85. The number of hydrogen-bond donors (Lipinski definition) is 0. The second-order valence-corrected chi connectivity index (χ2v) is 8.16. The van der Waals surface area contributed by atoms with Gasteiger partial charge in [-0.15, -0.1) is 0 Å². The number of halogens is 3. The first kappa shape index (κ1) is 17.6. The van der Waals surface area contributed by atoms with Gasteiger partial charge >= 0.3 is 0 Å². The van der Waals surface area contributed by atoms with Crippen LogP contribution < -0.4 is 9.47 Å². The van der Waals surface area contributed by atoms with E-state index in [4.69, 9.17) is 9.47 Å². The van der Waals surface area contributed by atoms with E-state index in [1.165, 1.54) is 5.56 Å². The Bertz CT molecular complexity index is 620. The summed E-state index contributed by atoms with van der Waals surface area (Å²) >= 11 is 10.0. The SMILES string of the molecule is BrC(Br)=CCOc1ccccc1OCCc1ccc(Br)cc1. The van der Waals surface area contributed by atoms with E-state index < -0.39 is 0 Å². The van der Waals surface area contributed by atoms with E-state index >= 15 is 0 Å². The minimum atomic E-state index is 0.471. The van der Waals surface area contributed by atoms with E-state index in [0.29, 0.717) is 13.2 Å². The first-order valence-corrected chi connectivity index (χ1v) is 9.13. The Hall–Kier alpha value is -0.780. The summed E-state index contributed by atoms with van der Waals surface area (Å²) in [6, 6.07) is 16.0. The molecule has 2 rings (SSSR count). The molecular formula is C17H15Br3O2. The number of para-hydroxylation sites is 2. The molecule has 0 aliphatic heterocycles. The summed E-state index contributed by atoms with van der Waals surface area (Å²) < 4.78 is 13.5. The summed E-state index contributed by atoms with van der Waals surface area (Å²) in [4.78, 5) is 0. The molecule has 0 bridgehead atoms. The smallest absolute Gasteiger partial charge is 0.161 e. The van der Waals surface area contributed by atoms with Gasteiger partial charge in [0.15, 0.2) is 11.5 Å².